The zero-order valence-corrected chi connectivity index (χ0v) is 15.1. The Kier molecular flexibility index (Phi) is 10.2. The van der Waals surface area contributed by atoms with Crippen molar-refractivity contribution in [2.75, 3.05) is 0 Å². The number of carboxylic acid groups (broad SMARTS) is 2. The van der Waals surface area contributed by atoms with Crippen LogP contribution in [0.25, 0.3) is 0 Å². The Morgan fingerprint density at radius 2 is 0.545 bits per heavy atom. The Labute approximate surface area is 177 Å². The van der Waals surface area contributed by atoms with E-state index < -0.39 is 59.8 Å². The molecule has 0 atom stereocenters. The maximum absolute atomic E-state index is 12.1. The van der Waals surface area contributed by atoms with E-state index in [1.165, 1.54) is 0 Å². The molecule has 0 aromatic heterocycles. The van der Waals surface area contributed by atoms with Crippen LogP contribution in [0.3, 0.4) is 0 Å². The normalized spacial score (nSPS) is 14.6. The number of aliphatic carboxylic acids is 2. The van der Waals surface area contributed by atoms with Crippen molar-refractivity contribution in [2.24, 2.45) is 0 Å². The van der Waals surface area contributed by atoms with Crippen molar-refractivity contribution in [3.05, 3.63) is 0 Å². The second-order valence-corrected chi connectivity index (χ2v) is 5.05. The minimum absolute atomic E-state index is 0. The van der Waals surface area contributed by atoms with E-state index in [2.05, 4.69) is 0 Å². The molecule has 0 heterocycles. The molecule has 0 rings (SSSR count). The summed E-state index contributed by atoms with van der Waals surface area (Å²) in [5, 5.41) is 15.0. The summed E-state index contributed by atoms with van der Waals surface area (Å²) in [5.74, 6) is -49.2. The van der Waals surface area contributed by atoms with Crippen molar-refractivity contribution in [1.82, 2.24) is 0 Å². The molecule has 4 nitrogen and oxygen atoms in total. The molecule has 0 aromatic carbocycles. The SMILES string of the molecule is O=C(O)C(F)(F)C(F)(F)C(F)(F)C(F)(F)F.O=C(O)C(F)(F)C(F)(F)C(F)(F)C(F)(F)F.[Mn]. The van der Waals surface area contributed by atoms with Crippen LogP contribution in [-0.2, 0) is 26.7 Å². The molecule has 33 heavy (non-hydrogen) atoms. The molecule has 0 saturated heterocycles. The van der Waals surface area contributed by atoms with Gasteiger partial charge in [0, 0.05) is 17.1 Å². The van der Waals surface area contributed by atoms with Crippen LogP contribution in [0, 0.1) is 0 Å². The molecule has 2 N–H and O–H groups in total. The van der Waals surface area contributed by atoms with Crippen molar-refractivity contribution in [1.29, 1.82) is 0 Å². The monoisotopic (exact) mass is 583 g/mol. The Bertz CT molecular complexity index is 648. The summed E-state index contributed by atoms with van der Waals surface area (Å²) in [4.78, 5) is 19.0. The van der Waals surface area contributed by atoms with Crippen molar-refractivity contribution in [3.8, 4) is 0 Å². The molecule has 0 aliphatic heterocycles. The average molecular weight is 583 g/mol. The molecule has 0 saturated carbocycles. The number of rotatable bonds is 6. The van der Waals surface area contributed by atoms with E-state index in [1.807, 2.05) is 0 Å². The fraction of sp³-hybridized carbons (Fsp3) is 0.800. The predicted octanol–water partition coefficient (Wildman–Crippen LogP) is 5.08. The minimum Gasteiger partial charge on any atom is -0.477 e. The van der Waals surface area contributed by atoms with Crippen LogP contribution in [-0.4, -0.2) is 70.0 Å². The van der Waals surface area contributed by atoms with Gasteiger partial charge in [0.05, 0.1) is 0 Å². The number of hydrogen-bond donors (Lipinski definition) is 2. The first kappa shape index (κ1) is 35.8. The van der Waals surface area contributed by atoms with Crippen molar-refractivity contribution in [3.63, 3.8) is 0 Å². The van der Waals surface area contributed by atoms with Crippen LogP contribution < -0.4 is 0 Å². The number of carbonyl (C=O) groups is 2. The number of alkyl halides is 18. The van der Waals surface area contributed by atoms with E-state index in [1.54, 1.807) is 0 Å². The first-order valence-electron chi connectivity index (χ1n) is 6.26. The van der Waals surface area contributed by atoms with Crippen LogP contribution in [0.4, 0.5) is 79.0 Å². The molecule has 0 fully saturated rings. The molecule has 0 unspecified atom stereocenters. The van der Waals surface area contributed by atoms with E-state index in [0.29, 0.717) is 0 Å². The summed E-state index contributed by atoms with van der Waals surface area (Å²) in [6, 6.07) is 0. The molecule has 0 spiro atoms. The quantitative estimate of drug-likeness (QED) is 0.339. The standard InChI is InChI=1S/2C5HF9O2.Mn/c2*6-2(7,1(15)16)3(8,9)4(10,11)5(12,13)14;/h2*(H,15,16);. The first-order chi connectivity index (χ1) is 13.4. The number of carboxylic acids is 2. The Hall–Kier alpha value is -1.80. The molecular weight excluding hydrogens is 581 g/mol. The van der Waals surface area contributed by atoms with Crippen LogP contribution in [0.5, 0.6) is 0 Å². The van der Waals surface area contributed by atoms with Gasteiger partial charge in [-0.25, -0.2) is 9.59 Å². The molecule has 23 heteroatoms. The Balaban J connectivity index is -0.000000529. The number of hydrogen-bond acceptors (Lipinski definition) is 2. The summed E-state index contributed by atoms with van der Waals surface area (Å²) >= 11 is 0. The molecule has 0 aliphatic rings. The summed E-state index contributed by atoms with van der Waals surface area (Å²) in [6.07, 6.45) is -14.0. The van der Waals surface area contributed by atoms with Gasteiger partial charge in [0.15, 0.2) is 0 Å². The van der Waals surface area contributed by atoms with Crippen LogP contribution in [0.1, 0.15) is 0 Å². The second kappa shape index (κ2) is 9.45. The van der Waals surface area contributed by atoms with E-state index in [-0.39, 0.29) is 17.1 Å². The topological polar surface area (TPSA) is 74.6 Å². The maximum atomic E-state index is 12.1. The zero-order chi connectivity index (χ0) is 27.2. The van der Waals surface area contributed by atoms with Gasteiger partial charge in [-0.3, -0.25) is 0 Å². The predicted molar refractivity (Wildman–Crippen MR) is 57.1 cm³/mol. The third kappa shape index (κ3) is 5.83. The molecule has 0 aromatic rings. The largest absolute Gasteiger partial charge is 0.477 e. The van der Waals surface area contributed by atoms with Gasteiger partial charge < -0.3 is 10.2 Å². The van der Waals surface area contributed by atoms with Crippen LogP contribution >= 0.6 is 0 Å². The Morgan fingerprint density at radius 1 is 0.394 bits per heavy atom. The smallest absolute Gasteiger partial charge is 0.460 e. The third-order valence-corrected chi connectivity index (χ3v) is 2.83. The van der Waals surface area contributed by atoms with E-state index in [4.69, 9.17) is 10.2 Å². The van der Waals surface area contributed by atoms with Crippen molar-refractivity contribution in [2.45, 2.75) is 47.9 Å². The second-order valence-electron chi connectivity index (χ2n) is 5.05. The zero-order valence-electron chi connectivity index (χ0n) is 13.9. The van der Waals surface area contributed by atoms with Gasteiger partial charge in [0.25, 0.3) is 0 Å². The summed E-state index contributed by atoms with van der Waals surface area (Å²) in [7, 11) is 0. The van der Waals surface area contributed by atoms with Gasteiger partial charge in [-0.05, 0) is 0 Å². The minimum atomic E-state index is -7.16. The molecule has 0 bridgehead atoms. The van der Waals surface area contributed by atoms with Crippen LogP contribution in [0.15, 0.2) is 0 Å². The van der Waals surface area contributed by atoms with E-state index >= 15 is 0 Å². The summed E-state index contributed by atoms with van der Waals surface area (Å²) in [6.45, 7) is 0. The summed E-state index contributed by atoms with van der Waals surface area (Å²) in [5.41, 5.74) is 0. The van der Waals surface area contributed by atoms with Gasteiger partial charge in [0.2, 0.25) is 0 Å². The van der Waals surface area contributed by atoms with Gasteiger partial charge >= 0.3 is 59.8 Å². The van der Waals surface area contributed by atoms with Gasteiger partial charge in [0.1, 0.15) is 0 Å². The van der Waals surface area contributed by atoms with Gasteiger partial charge in [-0.1, -0.05) is 0 Å². The van der Waals surface area contributed by atoms with E-state index in [9.17, 15) is 88.6 Å². The fourth-order valence-corrected chi connectivity index (χ4v) is 1.02. The van der Waals surface area contributed by atoms with Gasteiger partial charge in [-0.2, -0.15) is 79.0 Å². The third-order valence-electron chi connectivity index (χ3n) is 2.83. The summed E-state index contributed by atoms with van der Waals surface area (Å²) < 4.78 is 213. The van der Waals surface area contributed by atoms with Gasteiger partial charge in [-0.15, -0.1) is 0 Å². The molecule has 1 radical (unpaired) electrons. The molecule has 199 valence electrons. The van der Waals surface area contributed by atoms with Crippen molar-refractivity contribution < 1.29 is 116 Å². The van der Waals surface area contributed by atoms with E-state index in [0.717, 1.165) is 0 Å². The Morgan fingerprint density at radius 3 is 0.636 bits per heavy atom. The number of halogens is 18. The first-order valence-corrected chi connectivity index (χ1v) is 6.26. The van der Waals surface area contributed by atoms with Crippen molar-refractivity contribution >= 4 is 11.9 Å². The maximum Gasteiger partial charge on any atom is 0.460 e. The molecule has 0 amide bonds. The average Bonchev–Trinajstić information content (AvgIpc) is 2.52. The molecule has 0 aliphatic carbocycles. The fourth-order valence-electron chi connectivity index (χ4n) is 1.02. The molecular formula is C10H2F18MnO4. The van der Waals surface area contributed by atoms with Crippen LogP contribution in [0.2, 0.25) is 0 Å².